The summed E-state index contributed by atoms with van der Waals surface area (Å²) in [6, 6.07) is 11.3. The average Bonchev–Trinajstić information content (AvgIpc) is 3.03. The fourth-order valence-corrected chi connectivity index (χ4v) is 4.96. The summed E-state index contributed by atoms with van der Waals surface area (Å²) in [5.74, 6) is -0.115. The number of allylic oxidation sites excluding steroid dienone is 2. The summed E-state index contributed by atoms with van der Waals surface area (Å²) in [5.41, 5.74) is 4.61. The first-order valence-corrected chi connectivity index (χ1v) is 11.1. The molecule has 33 heavy (non-hydrogen) atoms. The number of esters is 1. The van der Waals surface area contributed by atoms with Crippen LogP contribution in [-0.4, -0.2) is 41.9 Å². The second-order valence-electron chi connectivity index (χ2n) is 8.28. The third-order valence-electron chi connectivity index (χ3n) is 6.35. The number of hydrogen-bond acceptors (Lipinski definition) is 5. The molecule has 1 aliphatic heterocycles. The standard InChI is InChI=1S/C26H25NO6/c1-31-26(30)17-10-11-18-20(14-17)27-12-13-32-25-19(8-5-9-21(25)33-15-22(28)29)24(27)23(18)16-6-3-2-4-7-16/h2-3,5,8-11,14,16H,4,6-7,12-13,15H2,1H3,(H,28,29). The Bertz CT molecular complexity index is 1270. The highest BCUT2D eigenvalue weighted by atomic mass is 16.5. The number of ether oxygens (including phenoxy) is 3. The lowest BCUT2D eigenvalue weighted by Gasteiger charge is -2.21. The van der Waals surface area contributed by atoms with Crippen LogP contribution in [0, 0.1) is 0 Å². The summed E-state index contributed by atoms with van der Waals surface area (Å²) < 4.78 is 18.8. The van der Waals surface area contributed by atoms with Gasteiger partial charge in [-0.15, -0.1) is 0 Å². The molecule has 1 N–H and O–H groups in total. The first-order chi connectivity index (χ1) is 16.1. The van der Waals surface area contributed by atoms with Crippen LogP contribution in [0.15, 0.2) is 48.6 Å². The number of fused-ring (bicyclic) bond motifs is 5. The minimum atomic E-state index is -1.04. The van der Waals surface area contributed by atoms with Crippen molar-refractivity contribution in [3.63, 3.8) is 0 Å². The number of rotatable bonds is 5. The molecule has 1 aromatic heterocycles. The van der Waals surface area contributed by atoms with Crippen molar-refractivity contribution < 1.29 is 28.9 Å². The molecule has 3 aromatic rings. The lowest BCUT2D eigenvalue weighted by Crippen LogP contribution is -2.11. The van der Waals surface area contributed by atoms with Gasteiger partial charge < -0.3 is 23.9 Å². The van der Waals surface area contributed by atoms with Crippen molar-refractivity contribution >= 4 is 22.8 Å². The number of aliphatic carboxylic acids is 1. The van der Waals surface area contributed by atoms with Crippen LogP contribution in [0.5, 0.6) is 11.5 Å². The zero-order valence-electron chi connectivity index (χ0n) is 18.4. The molecular formula is C26H25NO6. The fourth-order valence-electron chi connectivity index (χ4n) is 4.96. The molecule has 2 aliphatic rings. The second kappa shape index (κ2) is 8.65. The molecule has 2 heterocycles. The number of carbonyl (C=O) groups is 2. The Morgan fingerprint density at radius 1 is 1.21 bits per heavy atom. The van der Waals surface area contributed by atoms with E-state index in [9.17, 15) is 9.59 Å². The minimum absolute atomic E-state index is 0.326. The van der Waals surface area contributed by atoms with Gasteiger partial charge in [-0.2, -0.15) is 0 Å². The highest BCUT2D eigenvalue weighted by molar-refractivity contribution is 5.99. The number of carboxylic acid groups (broad SMARTS) is 1. The van der Waals surface area contributed by atoms with E-state index in [1.54, 1.807) is 6.07 Å². The average molecular weight is 447 g/mol. The van der Waals surface area contributed by atoms with Gasteiger partial charge in [0.1, 0.15) is 6.61 Å². The van der Waals surface area contributed by atoms with Crippen molar-refractivity contribution in [2.45, 2.75) is 31.7 Å². The van der Waals surface area contributed by atoms with Gasteiger partial charge in [0.2, 0.25) is 0 Å². The number of para-hydroxylation sites is 1. The van der Waals surface area contributed by atoms with Crippen LogP contribution in [0.3, 0.4) is 0 Å². The van der Waals surface area contributed by atoms with E-state index in [2.05, 4.69) is 16.7 Å². The van der Waals surface area contributed by atoms with E-state index in [-0.39, 0.29) is 5.97 Å². The predicted octanol–water partition coefficient (Wildman–Crippen LogP) is 4.77. The van der Waals surface area contributed by atoms with Crippen molar-refractivity contribution in [1.29, 1.82) is 0 Å². The maximum Gasteiger partial charge on any atom is 0.341 e. The summed E-state index contributed by atoms with van der Waals surface area (Å²) in [6.45, 7) is 0.543. The van der Waals surface area contributed by atoms with Gasteiger partial charge in [-0.1, -0.05) is 24.3 Å². The van der Waals surface area contributed by atoms with Crippen LogP contribution >= 0.6 is 0 Å². The van der Waals surface area contributed by atoms with Crippen LogP contribution in [-0.2, 0) is 16.1 Å². The molecule has 0 fully saturated rings. The van der Waals surface area contributed by atoms with Crippen molar-refractivity contribution in [3.8, 4) is 22.8 Å². The van der Waals surface area contributed by atoms with Gasteiger partial charge in [-0.3, -0.25) is 0 Å². The third-order valence-corrected chi connectivity index (χ3v) is 6.35. The van der Waals surface area contributed by atoms with E-state index >= 15 is 0 Å². The first-order valence-electron chi connectivity index (χ1n) is 11.1. The normalized spacial score (nSPS) is 16.9. The summed E-state index contributed by atoms with van der Waals surface area (Å²) >= 11 is 0. The Balaban J connectivity index is 1.76. The van der Waals surface area contributed by atoms with Crippen LogP contribution in [0.2, 0.25) is 0 Å². The molecule has 1 aliphatic carbocycles. The molecule has 2 aromatic carbocycles. The summed E-state index contributed by atoms with van der Waals surface area (Å²) in [6.07, 6.45) is 7.44. The predicted molar refractivity (Wildman–Crippen MR) is 123 cm³/mol. The van der Waals surface area contributed by atoms with Gasteiger partial charge in [0.15, 0.2) is 18.1 Å². The lowest BCUT2D eigenvalue weighted by atomic mass is 9.84. The van der Waals surface area contributed by atoms with Crippen molar-refractivity contribution in [2.24, 2.45) is 0 Å². The van der Waals surface area contributed by atoms with Gasteiger partial charge >= 0.3 is 11.9 Å². The topological polar surface area (TPSA) is 87.0 Å². The minimum Gasteiger partial charge on any atom is -0.487 e. The Hall–Kier alpha value is -3.74. The molecule has 0 amide bonds. The molecule has 0 saturated heterocycles. The van der Waals surface area contributed by atoms with Crippen LogP contribution in [0.4, 0.5) is 0 Å². The number of methoxy groups -OCH3 is 1. The number of carbonyl (C=O) groups excluding carboxylic acids is 1. The molecule has 1 atom stereocenters. The van der Waals surface area contributed by atoms with Gasteiger partial charge in [-0.05, 0) is 55.0 Å². The molecule has 0 radical (unpaired) electrons. The Labute approximate surface area is 191 Å². The fraction of sp³-hybridized carbons (Fsp3) is 0.308. The van der Waals surface area contributed by atoms with E-state index in [1.807, 2.05) is 30.3 Å². The SMILES string of the molecule is COC(=O)c1ccc2c(C3CC=CCC3)c3n(c2c1)CCOc1c(OCC(=O)O)cccc1-3. The second-order valence-corrected chi connectivity index (χ2v) is 8.28. The van der Waals surface area contributed by atoms with Crippen molar-refractivity contribution in [1.82, 2.24) is 4.57 Å². The summed E-state index contributed by atoms with van der Waals surface area (Å²) in [7, 11) is 1.38. The van der Waals surface area contributed by atoms with Gasteiger partial charge in [0.25, 0.3) is 0 Å². The molecule has 7 heteroatoms. The summed E-state index contributed by atoms with van der Waals surface area (Å²) in [5, 5.41) is 10.2. The third kappa shape index (κ3) is 3.73. The van der Waals surface area contributed by atoms with Crippen LogP contribution in [0.1, 0.15) is 41.1 Å². The molecule has 0 bridgehead atoms. The van der Waals surface area contributed by atoms with E-state index in [1.165, 1.54) is 12.7 Å². The largest absolute Gasteiger partial charge is 0.487 e. The number of nitrogens with zero attached hydrogens (tertiary/aromatic N) is 1. The zero-order chi connectivity index (χ0) is 22.9. The zero-order valence-corrected chi connectivity index (χ0v) is 18.4. The molecular weight excluding hydrogens is 422 g/mol. The van der Waals surface area contributed by atoms with Gasteiger partial charge in [-0.25, -0.2) is 9.59 Å². The van der Waals surface area contributed by atoms with Gasteiger partial charge in [0.05, 0.1) is 24.9 Å². The van der Waals surface area contributed by atoms with Gasteiger partial charge in [0, 0.05) is 16.5 Å². The molecule has 7 nitrogen and oxygen atoms in total. The number of benzene rings is 2. The van der Waals surface area contributed by atoms with Crippen LogP contribution < -0.4 is 9.47 Å². The van der Waals surface area contributed by atoms with Crippen LogP contribution in [0.25, 0.3) is 22.2 Å². The van der Waals surface area contributed by atoms with E-state index in [4.69, 9.17) is 19.3 Å². The van der Waals surface area contributed by atoms with Crippen molar-refractivity contribution in [2.75, 3.05) is 20.3 Å². The molecule has 0 saturated carbocycles. The molecule has 5 rings (SSSR count). The monoisotopic (exact) mass is 447 g/mol. The summed E-state index contributed by atoms with van der Waals surface area (Å²) in [4.78, 5) is 23.3. The lowest BCUT2D eigenvalue weighted by molar-refractivity contribution is -0.139. The highest BCUT2D eigenvalue weighted by Crippen LogP contribution is 2.48. The van der Waals surface area contributed by atoms with Crippen molar-refractivity contribution in [3.05, 3.63) is 59.7 Å². The Morgan fingerprint density at radius 2 is 2.09 bits per heavy atom. The van der Waals surface area contributed by atoms with E-state index in [0.717, 1.165) is 41.4 Å². The highest BCUT2D eigenvalue weighted by Gasteiger charge is 2.30. The Kier molecular flexibility index (Phi) is 5.54. The number of aromatic nitrogens is 1. The smallest absolute Gasteiger partial charge is 0.341 e. The number of hydrogen-bond donors (Lipinski definition) is 1. The maximum atomic E-state index is 12.2. The number of carboxylic acids is 1. The maximum absolute atomic E-state index is 12.2. The molecule has 0 spiro atoms. The molecule has 1 unspecified atom stereocenters. The Morgan fingerprint density at radius 3 is 2.85 bits per heavy atom. The molecule has 170 valence electrons. The van der Waals surface area contributed by atoms with E-state index in [0.29, 0.717) is 36.1 Å². The quantitative estimate of drug-likeness (QED) is 0.448. The van der Waals surface area contributed by atoms with E-state index < -0.39 is 12.6 Å². The first kappa shape index (κ1) is 21.1.